The molecule has 0 spiro atoms. The first-order chi connectivity index (χ1) is 16.0. The third-order valence-electron chi connectivity index (χ3n) is 5.14. The molecule has 0 amide bonds. The minimum absolute atomic E-state index is 0.0115. The third-order valence-corrected chi connectivity index (χ3v) is 5.14. The van der Waals surface area contributed by atoms with Crippen LogP contribution in [0.5, 0.6) is 0 Å². The summed E-state index contributed by atoms with van der Waals surface area (Å²) in [6, 6.07) is 2.57. The molecular formula is C27H52N2O4. The topological polar surface area (TPSA) is 108 Å². The number of hydrogen-bond donors (Lipinski definition) is 4. The van der Waals surface area contributed by atoms with Gasteiger partial charge in [-0.25, -0.2) is 0 Å². The first-order valence-corrected chi connectivity index (χ1v) is 11.7. The molecule has 0 aromatic heterocycles. The molecule has 4 N–H and O–H groups in total. The molecule has 0 aromatic carbocycles. The lowest BCUT2D eigenvalue weighted by Gasteiger charge is -2.33. The SMILES string of the molecule is C/C=C/C.C=CCCCN(C)CCCC(C#N)(CC)C(/C=C/CO)C/C=C/CO.CO.CO. The Bertz CT molecular complexity index is 509. The van der Waals surface area contributed by atoms with Crippen LogP contribution < -0.4 is 0 Å². The quantitative estimate of drug-likeness (QED) is 0.208. The van der Waals surface area contributed by atoms with Crippen LogP contribution in [0, 0.1) is 22.7 Å². The summed E-state index contributed by atoms with van der Waals surface area (Å²) in [5, 5.41) is 41.9. The molecule has 0 heterocycles. The smallest absolute Gasteiger partial charge is 0.0695 e. The highest BCUT2D eigenvalue weighted by atomic mass is 16.3. The number of allylic oxidation sites excluding steroid dienone is 5. The summed E-state index contributed by atoms with van der Waals surface area (Å²) in [5.74, 6) is 0.0449. The van der Waals surface area contributed by atoms with Crippen molar-refractivity contribution in [2.24, 2.45) is 11.3 Å². The van der Waals surface area contributed by atoms with Crippen LogP contribution in [0.3, 0.4) is 0 Å². The summed E-state index contributed by atoms with van der Waals surface area (Å²) in [6.07, 6.45) is 18.7. The first kappa shape index (κ1) is 38.5. The summed E-state index contributed by atoms with van der Waals surface area (Å²) < 4.78 is 0. The van der Waals surface area contributed by atoms with Gasteiger partial charge in [0, 0.05) is 14.2 Å². The van der Waals surface area contributed by atoms with E-state index in [1.165, 1.54) is 0 Å². The van der Waals surface area contributed by atoms with Gasteiger partial charge in [0.1, 0.15) is 0 Å². The van der Waals surface area contributed by atoms with Crippen molar-refractivity contribution in [3.05, 3.63) is 49.1 Å². The van der Waals surface area contributed by atoms with Gasteiger partial charge in [0.05, 0.1) is 24.7 Å². The van der Waals surface area contributed by atoms with Crippen LogP contribution in [0.1, 0.15) is 59.3 Å². The molecule has 0 bridgehead atoms. The van der Waals surface area contributed by atoms with Crippen LogP contribution in [0.4, 0.5) is 0 Å². The van der Waals surface area contributed by atoms with Gasteiger partial charge < -0.3 is 25.3 Å². The lowest BCUT2D eigenvalue weighted by atomic mass is 9.69. The van der Waals surface area contributed by atoms with Crippen LogP contribution in [0.2, 0.25) is 0 Å². The highest BCUT2D eigenvalue weighted by Gasteiger charge is 2.34. The van der Waals surface area contributed by atoms with Crippen LogP contribution in [0.25, 0.3) is 0 Å². The summed E-state index contributed by atoms with van der Waals surface area (Å²) in [6.45, 7) is 11.8. The number of rotatable bonds is 15. The second-order valence-corrected chi connectivity index (χ2v) is 7.23. The first-order valence-electron chi connectivity index (χ1n) is 11.7. The van der Waals surface area contributed by atoms with Crippen LogP contribution in [-0.2, 0) is 0 Å². The summed E-state index contributed by atoms with van der Waals surface area (Å²) >= 11 is 0. The number of nitriles is 1. The normalized spacial score (nSPS) is 13.3. The van der Waals surface area contributed by atoms with E-state index in [-0.39, 0.29) is 19.1 Å². The Kier molecular flexibility index (Phi) is 37.8. The Morgan fingerprint density at radius 2 is 1.52 bits per heavy atom. The van der Waals surface area contributed by atoms with E-state index in [0.29, 0.717) is 6.42 Å². The van der Waals surface area contributed by atoms with Gasteiger partial charge in [-0.05, 0) is 78.4 Å². The Morgan fingerprint density at radius 3 is 1.94 bits per heavy atom. The fourth-order valence-electron chi connectivity index (χ4n) is 3.15. The van der Waals surface area contributed by atoms with E-state index in [1.54, 1.807) is 12.2 Å². The molecular weight excluding hydrogens is 416 g/mol. The van der Waals surface area contributed by atoms with E-state index in [9.17, 15) is 5.26 Å². The predicted octanol–water partition coefficient (Wildman–Crippen LogP) is 4.49. The molecule has 6 nitrogen and oxygen atoms in total. The molecule has 0 saturated carbocycles. The number of aliphatic hydroxyl groups is 4. The van der Waals surface area contributed by atoms with Crippen molar-refractivity contribution in [2.45, 2.75) is 59.3 Å². The molecule has 194 valence electrons. The van der Waals surface area contributed by atoms with E-state index in [4.69, 9.17) is 20.4 Å². The molecule has 2 unspecified atom stereocenters. The van der Waals surface area contributed by atoms with Crippen molar-refractivity contribution in [1.29, 1.82) is 5.26 Å². The molecule has 0 rings (SSSR count). The maximum absolute atomic E-state index is 9.90. The van der Waals surface area contributed by atoms with Gasteiger partial charge >= 0.3 is 0 Å². The van der Waals surface area contributed by atoms with Crippen molar-refractivity contribution in [1.82, 2.24) is 4.90 Å². The molecule has 0 aromatic rings. The molecule has 0 radical (unpaired) electrons. The summed E-state index contributed by atoms with van der Waals surface area (Å²) in [7, 11) is 4.12. The van der Waals surface area contributed by atoms with E-state index >= 15 is 0 Å². The molecule has 0 fully saturated rings. The van der Waals surface area contributed by atoms with Gasteiger partial charge in [-0.15, -0.1) is 6.58 Å². The van der Waals surface area contributed by atoms with E-state index in [0.717, 1.165) is 59.4 Å². The van der Waals surface area contributed by atoms with Crippen molar-refractivity contribution < 1.29 is 20.4 Å². The molecule has 2 atom stereocenters. The second-order valence-electron chi connectivity index (χ2n) is 7.23. The summed E-state index contributed by atoms with van der Waals surface area (Å²) in [4.78, 5) is 2.31. The Balaban J connectivity index is -0.000000459. The molecule has 0 aliphatic rings. The lowest BCUT2D eigenvalue weighted by molar-refractivity contribution is 0.226. The molecule has 0 aliphatic heterocycles. The number of hydrogen-bond acceptors (Lipinski definition) is 6. The average Bonchev–Trinajstić information content (AvgIpc) is 2.87. The second kappa shape index (κ2) is 32.4. The van der Waals surface area contributed by atoms with E-state index in [2.05, 4.69) is 31.5 Å². The van der Waals surface area contributed by atoms with Gasteiger partial charge in [0.25, 0.3) is 0 Å². The zero-order valence-electron chi connectivity index (χ0n) is 22.1. The van der Waals surface area contributed by atoms with Crippen molar-refractivity contribution in [2.75, 3.05) is 47.6 Å². The van der Waals surface area contributed by atoms with Crippen molar-refractivity contribution >= 4 is 0 Å². The fourth-order valence-corrected chi connectivity index (χ4v) is 3.15. The Hall–Kier alpha value is -1.75. The third kappa shape index (κ3) is 23.2. The maximum atomic E-state index is 9.90. The number of nitrogens with zero attached hydrogens (tertiary/aromatic N) is 2. The van der Waals surface area contributed by atoms with Gasteiger partial charge in [0.2, 0.25) is 0 Å². The van der Waals surface area contributed by atoms with Gasteiger partial charge in [-0.2, -0.15) is 5.26 Å². The zero-order valence-corrected chi connectivity index (χ0v) is 22.1. The molecule has 6 heteroatoms. The highest BCUT2D eigenvalue weighted by Crippen LogP contribution is 2.39. The molecule has 33 heavy (non-hydrogen) atoms. The average molecular weight is 469 g/mol. The highest BCUT2D eigenvalue weighted by molar-refractivity contribution is 5.11. The van der Waals surface area contributed by atoms with Gasteiger partial charge in [0.15, 0.2) is 0 Å². The molecule has 0 saturated heterocycles. The predicted molar refractivity (Wildman–Crippen MR) is 142 cm³/mol. The minimum atomic E-state index is -0.437. The monoisotopic (exact) mass is 468 g/mol. The fraction of sp³-hybridized carbons (Fsp3) is 0.667. The van der Waals surface area contributed by atoms with E-state index in [1.807, 2.05) is 44.2 Å². The van der Waals surface area contributed by atoms with Gasteiger partial charge in [-0.3, -0.25) is 0 Å². The van der Waals surface area contributed by atoms with Crippen molar-refractivity contribution in [3.8, 4) is 6.07 Å². The lowest BCUT2D eigenvalue weighted by Crippen LogP contribution is -2.29. The zero-order chi connectivity index (χ0) is 26.4. The van der Waals surface area contributed by atoms with Crippen LogP contribution >= 0.6 is 0 Å². The Morgan fingerprint density at radius 1 is 0.970 bits per heavy atom. The maximum Gasteiger partial charge on any atom is 0.0695 e. The summed E-state index contributed by atoms with van der Waals surface area (Å²) in [5.41, 5.74) is -0.437. The number of aliphatic hydroxyl groups excluding tert-OH is 4. The van der Waals surface area contributed by atoms with Crippen molar-refractivity contribution in [3.63, 3.8) is 0 Å². The van der Waals surface area contributed by atoms with E-state index < -0.39 is 5.41 Å². The standard InChI is InChI=1S/C21H36N2O2.C4H8.2CH4O/c1-4-6-8-15-23(3)16-11-14-21(5-2,19-22)20(13-10-18-25)12-7-9-17-24;1-3-4-2;2*1-2/h4,7,9-10,13,20,24-25H,1,5-6,8,11-12,14-18H2,2-3H3;3-4H,1-2H3;2*2H,1H3/b9-7+,13-10+;4-3+;;. The van der Waals surface area contributed by atoms with Gasteiger partial charge in [-0.1, -0.05) is 49.5 Å². The molecule has 0 aliphatic carbocycles. The van der Waals surface area contributed by atoms with Crippen LogP contribution in [-0.4, -0.2) is 72.9 Å². The van der Waals surface area contributed by atoms with Crippen LogP contribution in [0.15, 0.2) is 49.1 Å². The minimum Gasteiger partial charge on any atom is -0.400 e. The largest absolute Gasteiger partial charge is 0.400 e. The number of unbranched alkanes of at least 4 members (excludes halogenated alkanes) is 1. The Labute approximate surface area is 204 Å².